The number of carbonyl (C=O) groups excluding carboxylic acids is 1. The minimum Gasteiger partial charge on any atom is -0.612 e. The molecular weight excluding hydrogens is 388 g/mol. The largest absolute Gasteiger partial charge is 0.612 e. The molecule has 3 atom stereocenters. The predicted molar refractivity (Wildman–Crippen MR) is 109 cm³/mol. The van der Waals surface area contributed by atoms with Crippen LogP contribution in [0.3, 0.4) is 0 Å². The highest BCUT2D eigenvalue weighted by Gasteiger charge is 2.20. The van der Waals surface area contributed by atoms with Crippen LogP contribution >= 0.6 is 11.8 Å². The van der Waals surface area contributed by atoms with Gasteiger partial charge in [0, 0.05) is 5.75 Å². The van der Waals surface area contributed by atoms with Crippen molar-refractivity contribution in [3.8, 4) is 0 Å². The number of hydrogen-bond acceptors (Lipinski definition) is 5. The van der Waals surface area contributed by atoms with E-state index in [1.54, 1.807) is 12.5 Å². The minimum absolute atomic E-state index is 0.0703. The Morgan fingerprint density at radius 1 is 0.962 bits per heavy atom. The van der Waals surface area contributed by atoms with Gasteiger partial charge < -0.3 is 20.6 Å². The Morgan fingerprint density at radius 2 is 1.35 bits per heavy atom. The van der Waals surface area contributed by atoms with Gasteiger partial charge in [-0.05, 0) is 57.7 Å². The van der Waals surface area contributed by atoms with Crippen molar-refractivity contribution in [1.29, 1.82) is 0 Å². The number of thioether (sulfide) groups is 1. The van der Waals surface area contributed by atoms with E-state index >= 15 is 0 Å². The molecule has 0 saturated carbocycles. The molecule has 5 nitrogen and oxygen atoms in total. The summed E-state index contributed by atoms with van der Waals surface area (Å²) in [5.41, 5.74) is 13.0. The molecule has 0 aromatic heterocycles. The van der Waals surface area contributed by atoms with Crippen LogP contribution in [0.5, 0.6) is 0 Å². The van der Waals surface area contributed by atoms with Gasteiger partial charge in [0.15, 0.2) is 9.79 Å². The van der Waals surface area contributed by atoms with Gasteiger partial charge in [-0.3, -0.25) is 4.79 Å². The van der Waals surface area contributed by atoms with E-state index in [0.29, 0.717) is 5.75 Å². The van der Waals surface area contributed by atoms with Gasteiger partial charge in [-0.15, -0.1) is 11.8 Å². The molecular formula is C18H22N2O3S3. The highest BCUT2D eigenvalue weighted by Crippen LogP contribution is 2.36. The first-order valence-corrected chi connectivity index (χ1v) is 12.0. The molecule has 2 rings (SSSR count). The molecule has 8 heteroatoms. The zero-order valence-corrected chi connectivity index (χ0v) is 17.0. The maximum absolute atomic E-state index is 11.6. The van der Waals surface area contributed by atoms with Gasteiger partial charge in [-0.1, -0.05) is 24.3 Å². The molecule has 0 spiro atoms. The Hall–Kier alpha value is -1.16. The Morgan fingerprint density at radius 3 is 1.65 bits per heavy atom. The number of benzene rings is 2. The second-order valence-electron chi connectivity index (χ2n) is 5.77. The van der Waals surface area contributed by atoms with Crippen molar-refractivity contribution in [2.24, 2.45) is 11.5 Å². The van der Waals surface area contributed by atoms with Crippen LogP contribution in [0.15, 0.2) is 58.3 Å². The maximum atomic E-state index is 11.6. The molecule has 0 radical (unpaired) electrons. The van der Waals surface area contributed by atoms with E-state index in [-0.39, 0.29) is 5.25 Å². The fourth-order valence-electron chi connectivity index (χ4n) is 2.34. The number of rotatable bonds is 8. The molecule has 26 heavy (non-hydrogen) atoms. The summed E-state index contributed by atoms with van der Waals surface area (Å²) in [7, 11) is 0. The van der Waals surface area contributed by atoms with Gasteiger partial charge in [0.1, 0.15) is 12.5 Å². The van der Waals surface area contributed by atoms with Gasteiger partial charge in [-0.2, -0.15) is 0 Å². The van der Waals surface area contributed by atoms with Crippen LogP contribution in [0.25, 0.3) is 0 Å². The average molecular weight is 411 g/mol. The number of primary amides is 1. The van der Waals surface area contributed by atoms with Crippen molar-refractivity contribution in [3.05, 3.63) is 59.7 Å². The van der Waals surface area contributed by atoms with Crippen LogP contribution < -0.4 is 11.5 Å². The summed E-state index contributed by atoms with van der Waals surface area (Å²) in [6.07, 6.45) is 3.27. The number of hydrogen-bond donors (Lipinski definition) is 2. The maximum Gasteiger partial charge on any atom is 0.235 e. The zero-order valence-electron chi connectivity index (χ0n) is 14.6. The molecule has 0 fully saturated rings. The normalized spacial score (nSPS) is 15.9. The lowest BCUT2D eigenvalue weighted by Crippen LogP contribution is -2.38. The molecule has 0 saturated heterocycles. The fraction of sp³-hybridized carbons (Fsp3) is 0.278. The Labute approximate surface area is 164 Å². The van der Waals surface area contributed by atoms with Crippen LogP contribution in [0, 0.1) is 0 Å². The quantitative estimate of drug-likeness (QED) is 0.644. The molecule has 3 unspecified atom stereocenters. The highest BCUT2D eigenvalue weighted by molar-refractivity contribution is 7.99. The third-order valence-corrected chi connectivity index (χ3v) is 7.14. The number of nitrogens with two attached hydrogens (primary N) is 2. The van der Waals surface area contributed by atoms with Crippen molar-refractivity contribution < 1.29 is 13.9 Å². The summed E-state index contributed by atoms with van der Waals surface area (Å²) in [6.45, 7) is 0. The minimum atomic E-state index is -1.04. The lowest BCUT2D eigenvalue weighted by Gasteiger charge is -2.20. The van der Waals surface area contributed by atoms with Crippen LogP contribution in [0.2, 0.25) is 0 Å². The molecule has 140 valence electrons. The van der Waals surface area contributed by atoms with Crippen LogP contribution in [0.4, 0.5) is 0 Å². The smallest absolute Gasteiger partial charge is 0.235 e. The van der Waals surface area contributed by atoms with Crippen LogP contribution in [0.1, 0.15) is 16.4 Å². The predicted octanol–water partition coefficient (Wildman–Crippen LogP) is 1.80. The van der Waals surface area contributed by atoms with E-state index in [1.807, 2.05) is 48.5 Å². The van der Waals surface area contributed by atoms with Crippen molar-refractivity contribution >= 4 is 40.0 Å². The summed E-state index contributed by atoms with van der Waals surface area (Å²) in [5, 5.41) is -0.0703. The number of amides is 1. The van der Waals surface area contributed by atoms with E-state index in [4.69, 9.17) is 11.5 Å². The van der Waals surface area contributed by atoms with E-state index in [2.05, 4.69) is 0 Å². The van der Waals surface area contributed by atoms with E-state index in [9.17, 15) is 13.9 Å². The molecule has 2 aromatic rings. The summed E-state index contributed by atoms with van der Waals surface area (Å²) in [5.74, 6) is -0.159. The fourth-order valence-corrected chi connectivity index (χ4v) is 4.64. The molecule has 0 bridgehead atoms. The van der Waals surface area contributed by atoms with Gasteiger partial charge >= 0.3 is 0 Å². The molecule has 0 aliphatic rings. The Balaban J connectivity index is 2.30. The van der Waals surface area contributed by atoms with Crippen LogP contribution in [-0.2, 0) is 27.1 Å². The van der Waals surface area contributed by atoms with Crippen molar-refractivity contribution in [2.75, 3.05) is 18.3 Å². The van der Waals surface area contributed by atoms with Gasteiger partial charge in [0.25, 0.3) is 0 Å². The standard InChI is InChI=1S/C18H22N2O3S3/c1-25(22)14-7-3-12(4-8-14)17(24-11-16(19)18(20)21)13-5-9-15(10-6-13)26(2)23/h3-10,16-17H,11,19H2,1-2H3,(H2,20,21). The first-order chi connectivity index (χ1) is 12.3. The van der Waals surface area contributed by atoms with Gasteiger partial charge in [0.2, 0.25) is 5.91 Å². The molecule has 0 aliphatic heterocycles. The van der Waals surface area contributed by atoms with Crippen molar-refractivity contribution in [3.63, 3.8) is 0 Å². The average Bonchev–Trinajstić information content (AvgIpc) is 2.62. The molecule has 0 aliphatic carbocycles. The van der Waals surface area contributed by atoms with E-state index in [1.165, 1.54) is 11.8 Å². The lowest BCUT2D eigenvalue weighted by molar-refractivity contribution is -0.118. The first kappa shape index (κ1) is 21.1. The van der Waals surface area contributed by atoms with Crippen LogP contribution in [-0.4, -0.2) is 39.3 Å². The Bertz CT molecular complexity index is 670. The van der Waals surface area contributed by atoms with Crippen molar-refractivity contribution in [1.82, 2.24) is 0 Å². The monoisotopic (exact) mass is 410 g/mol. The summed E-state index contributed by atoms with van der Waals surface area (Å²) >= 11 is -0.570. The summed E-state index contributed by atoms with van der Waals surface area (Å²) in [6, 6.07) is 14.3. The molecule has 4 N–H and O–H groups in total. The summed E-state index contributed by atoms with van der Waals surface area (Å²) < 4.78 is 23.2. The van der Waals surface area contributed by atoms with E-state index in [0.717, 1.165) is 20.9 Å². The SMILES string of the molecule is C[S+]([O-])c1ccc(C(SCC(N)C(N)=O)c2ccc([S+](C)[O-])cc2)cc1. The third kappa shape index (κ3) is 5.67. The van der Waals surface area contributed by atoms with Crippen molar-refractivity contribution in [2.45, 2.75) is 21.1 Å². The lowest BCUT2D eigenvalue weighted by atomic mass is 10.0. The molecule has 2 aromatic carbocycles. The van der Waals surface area contributed by atoms with Gasteiger partial charge in [-0.25, -0.2) is 0 Å². The first-order valence-electron chi connectivity index (χ1n) is 7.83. The Kier molecular flexibility index (Phi) is 7.87. The van der Waals surface area contributed by atoms with E-state index < -0.39 is 34.3 Å². The molecule has 0 heterocycles. The third-order valence-electron chi connectivity index (χ3n) is 3.84. The summed E-state index contributed by atoms with van der Waals surface area (Å²) in [4.78, 5) is 12.7. The van der Waals surface area contributed by atoms with Gasteiger partial charge in [0.05, 0.1) is 11.3 Å². The number of carbonyl (C=O) groups is 1. The second-order valence-corrected chi connectivity index (χ2v) is 9.67. The topological polar surface area (TPSA) is 115 Å². The zero-order chi connectivity index (χ0) is 19.3. The highest BCUT2D eigenvalue weighted by atomic mass is 32.2. The molecule has 1 amide bonds. The second kappa shape index (κ2) is 9.68.